The molecule has 0 radical (unpaired) electrons. The molecule has 1 aromatic rings. The van der Waals surface area contributed by atoms with Crippen molar-refractivity contribution >= 4 is 0 Å². The number of aliphatic hydroxyl groups excluding tert-OH is 1. The molecule has 0 saturated heterocycles. The summed E-state index contributed by atoms with van der Waals surface area (Å²) in [5, 5.41) is 8.95. The van der Waals surface area contributed by atoms with Crippen molar-refractivity contribution in [2.45, 2.75) is 19.4 Å². The summed E-state index contributed by atoms with van der Waals surface area (Å²) in [4.78, 5) is 0. The Morgan fingerprint density at radius 3 is 2.88 bits per heavy atom. The van der Waals surface area contributed by atoms with Crippen LogP contribution in [0.1, 0.15) is 17.5 Å². The highest BCUT2D eigenvalue weighted by Crippen LogP contribution is 2.36. The Bertz CT molecular complexity index is 376. The Morgan fingerprint density at radius 1 is 1.29 bits per heavy atom. The maximum absolute atomic E-state index is 8.95. The van der Waals surface area contributed by atoms with E-state index in [9.17, 15) is 0 Å². The van der Waals surface area contributed by atoms with Crippen LogP contribution in [0.2, 0.25) is 0 Å². The zero-order valence-electron chi connectivity index (χ0n) is 10.1. The standard InChI is InChI=1S/C13H18O4/c1-15-9-10-4-5-12-13(17-8-7-16-12)11(10)3-2-6-14/h4-5,14H,2-3,6-9H2,1H3. The van der Waals surface area contributed by atoms with Gasteiger partial charge in [0.15, 0.2) is 11.5 Å². The first kappa shape index (κ1) is 12.2. The highest BCUT2D eigenvalue weighted by molar-refractivity contribution is 5.51. The molecular formula is C13H18O4. The second-order valence-electron chi connectivity index (χ2n) is 3.99. The van der Waals surface area contributed by atoms with Gasteiger partial charge in [-0.3, -0.25) is 0 Å². The molecule has 0 saturated carbocycles. The van der Waals surface area contributed by atoms with Crippen molar-refractivity contribution < 1.29 is 19.3 Å². The van der Waals surface area contributed by atoms with Crippen LogP contribution in [0.4, 0.5) is 0 Å². The molecule has 0 unspecified atom stereocenters. The van der Waals surface area contributed by atoms with Crippen LogP contribution in [0.3, 0.4) is 0 Å². The molecule has 4 nitrogen and oxygen atoms in total. The van der Waals surface area contributed by atoms with Gasteiger partial charge in [-0.15, -0.1) is 0 Å². The minimum atomic E-state index is 0.178. The molecular weight excluding hydrogens is 220 g/mol. The lowest BCUT2D eigenvalue weighted by Crippen LogP contribution is -2.17. The van der Waals surface area contributed by atoms with Gasteiger partial charge < -0.3 is 19.3 Å². The molecule has 0 aromatic heterocycles. The Morgan fingerprint density at radius 2 is 2.12 bits per heavy atom. The third-order valence-electron chi connectivity index (χ3n) is 2.79. The van der Waals surface area contributed by atoms with Crippen LogP contribution in [0, 0.1) is 0 Å². The summed E-state index contributed by atoms with van der Waals surface area (Å²) in [6.45, 7) is 1.90. The number of hydrogen-bond donors (Lipinski definition) is 1. The average Bonchev–Trinajstić information content (AvgIpc) is 2.37. The summed E-state index contributed by atoms with van der Waals surface area (Å²) in [7, 11) is 1.67. The lowest BCUT2D eigenvalue weighted by atomic mass is 10.0. The second kappa shape index (κ2) is 5.89. The minimum absolute atomic E-state index is 0.178. The maximum atomic E-state index is 8.95. The smallest absolute Gasteiger partial charge is 0.164 e. The van der Waals surface area contributed by atoms with E-state index in [4.69, 9.17) is 19.3 Å². The zero-order valence-corrected chi connectivity index (χ0v) is 10.1. The van der Waals surface area contributed by atoms with E-state index in [0.29, 0.717) is 19.8 Å². The van der Waals surface area contributed by atoms with Crippen molar-refractivity contribution in [3.8, 4) is 11.5 Å². The van der Waals surface area contributed by atoms with Crippen molar-refractivity contribution in [3.05, 3.63) is 23.3 Å². The number of ether oxygens (including phenoxy) is 3. The van der Waals surface area contributed by atoms with E-state index in [-0.39, 0.29) is 6.61 Å². The molecule has 1 heterocycles. The lowest BCUT2D eigenvalue weighted by molar-refractivity contribution is 0.164. The summed E-state index contributed by atoms with van der Waals surface area (Å²) in [6, 6.07) is 3.93. The van der Waals surface area contributed by atoms with E-state index in [1.54, 1.807) is 7.11 Å². The summed E-state index contributed by atoms with van der Waals surface area (Å²) in [5.41, 5.74) is 2.20. The minimum Gasteiger partial charge on any atom is -0.486 e. The Balaban J connectivity index is 2.32. The predicted molar refractivity (Wildman–Crippen MR) is 63.6 cm³/mol. The summed E-state index contributed by atoms with van der Waals surface area (Å²) < 4.78 is 16.4. The third-order valence-corrected chi connectivity index (χ3v) is 2.79. The van der Waals surface area contributed by atoms with Crippen LogP contribution >= 0.6 is 0 Å². The van der Waals surface area contributed by atoms with E-state index in [0.717, 1.165) is 35.5 Å². The topological polar surface area (TPSA) is 47.9 Å². The second-order valence-corrected chi connectivity index (χ2v) is 3.99. The van der Waals surface area contributed by atoms with E-state index in [1.165, 1.54) is 0 Å². The van der Waals surface area contributed by atoms with Crippen LogP contribution in [0.25, 0.3) is 0 Å². The maximum Gasteiger partial charge on any atom is 0.164 e. The van der Waals surface area contributed by atoms with E-state index < -0.39 is 0 Å². The van der Waals surface area contributed by atoms with Gasteiger partial charge in [0.2, 0.25) is 0 Å². The van der Waals surface area contributed by atoms with Crippen LogP contribution in [-0.4, -0.2) is 32.0 Å². The number of hydrogen-bond acceptors (Lipinski definition) is 4. The Hall–Kier alpha value is -1.26. The van der Waals surface area contributed by atoms with Crippen molar-refractivity contribution in [1.29, 1.82) is 0 Å². The summed E-state index contributed by atoms with van der Waals surface area (Å²) in [5.74, 6) is 1.61. The van der Waals surface area contributed by atoms with Crippen molar-refractivity contribution in [2.24, 2.45) is 0 Å². The molecule has 1 aliphatic heterocycles. The van der Waals surface area contributed by atoms with Gasteiger partial charge in [0.1, 0.15) is 13.2 Å². The van der Waals surface area contributed by atoms with Crippen molar-refractivity contribution in [2.75, 3.05) is 26.9 Å². The van der Waals surface area contributed by atoms with E-state index in [1.807, 2.05) is 12.1 Å². The number of fused-ring (bicyclic) bond motifs is 1. The summed E-state index contributed by atoms with van der Waals surface area (Å²) in [6.07, 6.45) is 1.50. The summed E-state index contributed by atoms with van der Waals surface area (Å²) >= 11 is 0. The molecule has 1 aliphatic rings. The normalized spacial score (nSPS) is 13.8. The quantitative estimate of drug-likeness (QED) is 0.845. The first-order chi connectivity index (χ1) is 8.36. The molecule has 2 rings (SSSR count). The van der Waals surface area contributed by atoms with Crippen molar-refractivity contribution in [3.63, 3.8) is 0 Å². The van der Waals surface area contributed by atoms with Gasteiger partial charge in [0.25, 0.3) is 0 Å². The first-order valence-corrected chi connectivity index (χ1v) is 5.87. The predicted octanol–water partition coefficient (Wildman–Crippen LogP) is 1.53. The molecule has 0 fully saturated rings. The molecule has 0 spiro atoms. The van der Waals surface area contributed by atoms with Gasteiger partial charge in [-0.1, -0.05) is 6.07 Å². The molecule has 0 bridgehead atoms. The van der Waals surface area contributed by atoms with Gasteiger partial charge >= 0.3 is 0 Å². The molecule has 0 amide bonds. The lowest BCUT2D eigenvalue weighted by Gasteiger charge is -2.23. The number of benzene rings is 1. The first-order valence-electron chi connectivity index (χ1n) is 5.87. The Kier molecular flexibility index (Phi) is 4.23. The van der Waals surface area contributed by atoms with Crippen LogP contribution < -0.4 is 9.47 Å². The van der Waals surface area contributed by atoms with Crippen LogP contribution in [0.15, 0.2) is 12.1 Å². The Labute approximate surface area is 101 Å². The van der Waals surface area contributed by atoms with Gasteiger partial charge in [-0.05, 0) is 24.5 Å². The highest BCUT2D eigenvalue weighted by atomic mass is 16.6. The van der Waals surface area contributed by atoms with E-state index >= 15 is 0 Å². The third kappa shape index (κ3) is 2.70. The fraction of sp³-hybridized carbons (Fsp3) is 0.538. The molecule has 1 aromatic carbocycles. The van der Waals surface area contributed by atoms with Crippen LogP contribution in [0.5, 0.6) is 11.5 Å². The number of aliphatic hydroxyl groups is 1. The van der Waals surface area contributed by atoms with Gasteiger partial charge in [0.05, 0.1) is 6.61 Å². The number of rotatable bonds is 5. The number of methoxy groups -OCH3 is 1. The molecule has 0 atom stereocenters. The van der Waals surface area contributed by atoms with Crippen LogP contribution in [-0.2, 0) is 17.8 Å². The van der Waals surface area contributed by atoms with Gasteiger partial charge in [-0.25, -0.2) is 0 Å². The molecule has 94 valence electrons. The molecule has 1 N–H and O–H groups in total. The monoisotopic (exact) mass is 238 g/mol. The average molecular weight is 238 g/mol. The largest absolute Gasteiger partial charge is 0.486 e. The van der Waals surface area contributed by atoms with Gasteiger partial charge in [-0.2, -0.15) is 0 Å². The highest BCUT2D eigenvalue weighted by Gasteiger charge is 2.18. The SMILES string of the molecule is COCc1ccc2c(c1CCCO)OCCO2. The fourth-order valence-corrected chi connectivity index (χ4v) is 2.04. The zero-order chi connectivity index (χ0) is 12.1. The van der Waals surface area contributed by atoms with Gasteiger partial charge in [0, 0.05) is 19.3 Å². The van der Waals surface area contributed by atoms with E-state index in [2.05, 4.69) is 0 Å². The van der Waals surface area contributed by atoms with Crippen molar-refractivity contribution in [1.82, 2.24) is 0 Å². The molecule has 0 aliphatic carbocycles. The molecule has 17 heavy (non-hydrogen) atoms. The molecule has 4 heteroatoms. The fourth-order valence-electron chi connectivity index (χ4n) is 2.04.